The summed E-state index contributed by atoms with van der Waals surface area (Å²) in [7, 11) is 3.28. The fraction of sp³-hybridized carbons (Fsp3) is 0.818. The first kappa shape index (κ1) is 12.8. The van der Waals surface area contributed by atoms with Crippen LogP contribution in [0.25, 0.3) is 0 Å². The number of nitrogens with zero attached hydrogens (tertiary/aromatic N) is 1. The molecule has 0 fully saturated rings. The summed E-state index contributed by atoms with van der Waals surface area (Å²) in [5, 5.41) is 0. The SMILES string of the molecule is CC[Si](CC)(CC)C/C=C/N(C)C. The summed E-state index contributed by atoms with van der Waals surface area (Å²) in [5.74, 6) is 0. The van der Waals surface area contributed by atoms with E-state index in [4.69, 9.17) is 0 Å². The Bertz CT molecular complexity index is 140. The van der Waals surface area contributed by atoms with Gasteiger partial charge in [0.05, 0.1) is 8.07 Å². The molecule has 0 amide bonds. The van der Waals surface area contributed by atoms with Crippen LogP contribution in [0.4, 0.5) is 0 Å². The zero-order valence-electron chi connectivity index (χ0n) is 9.93. The lowest BCUT2D eigenvalue weighted by atomic mass is 10.6. The van der Waals surface area contributed by atoms with E-state index in [0.29, 0.717) is 0 Å². The Hall–Kier alpha value is -0.243. The predicted molar refractivity (Wildman–Crippen MR) is 64.8 cm³/mol. The van der Waals surface area contributed by atoms with Gasteiger partial charge in [0.25, 0.3) is 0 Å². The average Bonchev–Trinajstić information content (AvgIpc) is 2.13. The molecule has 0 aliphatic heterocycles. The quantitative estimate of drug-likeness (QED) is 0.591. The van der Waals surface area contributed by atoms with Crippen molar-refractivity contribution >= 4 is 8.07 Å². The van der Waals surface area contributed by atoms with Gasteiger partial charge in [-0.1, -0.05) is 45.0 Å². The maximum atomic E-state index is 2.36. The Labute approximate surface area is 84.8 Å². The third-order valence-corrected chi connectivity index (χ3v) is 8.81. The van der Waals surface area contributed by atoms with E-state index in [-0.39, 0.29) is 0 Å². The van der Waals surface area contributed by atoms with Crippen molar-refractivity contribution in [1.29, 1.82) is 0 Å². The van der Waals surface area contributed by atoms with Crippen molar-refractivity contribution in [3.8, 4) is 0 Å². The summed E-state index contributed by atoms with van der Waals surface area (Å²) in [6, 6.07) is 5.64. The molecule has 0 N–H and O–H groups in total. The molecule has 0 aromatic rings. The van der Waals surface area contributed by atoms with E-state index in [9.17, 15) is 0 Å². The molecule has 0 atom stereocenters. The van der Waals surface area contributed by atoms with Gasteiger partial charge in [-0.25, -0.2) is 0 Å². The number of rotatable bonds is 6. The minimum atomic E-state index is -0.898. The van der Waals surface area contributed by atoms with Crippen LogP contribution in [0, 0.1) is 0 Å². The van der Waals surface area contributed by atoms with Gasteiger partial charge in [-0.15, -0.1) is 0 Å². The molecule has 0 saturated carbocycles. The smallest absolute Gasteiger partial charge is 0.0565 e. The van der Waals surface area contributed by atoms with Gasteiger partial charge in [0.1, 0.15) is 0 Å². The first-order valence-corrected chi connectivity index (χ1v) is 8.26. The normalized spacial score (nSPS) is 12.4. The van der Waals surface area contributed by atoms with Gasteiger partial charge >= 0.3 is 0 Å². The summed E-state index contributed by atoms with van der Waals surface area (Å²) in [6.07, 6.45) is 4.56. The Kier molecular flexibility index (Phi) is 6.13. The summed E-state index contributed by atoms with van der Waals surface area (Å²) >= 11 is 0. The molecule has 0 aliphatic carbocycles. The lowest BCUT2D eigenvalue weighted by Crippen LogP contribution is -2.30. The highest BCUT2D eigenvalue weighted by Crippen LogP contribution is 2.25. The molecule has 78 valence electrons. The van der Waals surface area contributed by atoms with E-state index in [1.54, 1.807) is 0 Å². The molecule has 2 heteroatoms. The van der Waals surface area contributed by atoms with Crippen LogP contribution < -0.4 is 0 Å². The Morgan fingerprint density at radius 2 is 1.46 bits per heavy atom. The molecule has 0 aliphatic rings. The Morgan fingerprint density at radius 3 is 1.77 bits per heavy atom. The van der Waals surface area contributed by atoms with Gasteiger partial charge in [0, 0.05) is 14.1 Å². The average molecular weight is 199 g/mol. The van der Waals surface area contributed by atoms with Crippen LogP contribution in [-0.2, 0) is 0 Å². The molecule has 0 bridgehead atoms. The second kappa shape index (κ2) is 6.25. The van der Waals surface area contributed by atoms with Gasteiger partial charge in [-0.05, 0) is 12.2 Å². The first-order valence-electron chi connectivity index (χ1n) is 5.43. The van der Waals surface area contributed by atoms with Crippen LogP contribution >= 0.6 is 0 Å². The number of allylic oxidation sites excluding steroid dienone is 1. The second-order valence-corrected chi connectivity index (χ2v) is 9.64. The highest BCUT2D eigenvalue weighted by Gasteiger charge is 2.24. The van der Waals surface area contributed by atoms with Crippen molar-refractivity contribution in [2.75, 3.05) is 14.1 Å². The van der Waals surface area contributed by atoms with Crippen molar-refractivity contribution in [2.24, 2.45) is 0 Å². The van der Waals surface area contributed by atoms with Crippen molar-refractivity contribution in [1.82, 2.24) is 4.90 Å². The van der Waals surface area contributed by atoms with E-state index in [1.165, 1.54) is 24.2 Å². The van der Waals surface area contributed by atoms with Crippen LogP contribution in [0.2, 0.25) is 24.2 Å². The van der Waals surface area contributed by atoms with Gasteiger partial charge in [0.2, 0.25) is 0 Å². The first-order chi connectivity index (χ1) is 6.10. The van der Waals surface area contributed by atoms with Crippen molar-refractivity contribution in [3.05, 3.63) is 12.3 Å². The molecule has 0 saturated heterocycles. The van der Waals surface area contributed by atoms with E-state index < -0.39 is 8.07 Å². The summed E-state index contributed by atoms with van der Waals surface area (Å²) < 4.78 is 0. The molecule has 0 rings (SSSR count). The lowest BCUT2D eigenvalue weighted by molar-refractivity contribution is 0.562. The van der Waals surface area contributed by atoms with Gasteiger partial charge < -0.3 is 4.90 Å². The fourth-order valence-electron chi connectivity index (χ4n) is 1.70. The predicted octanol–water partition coefficient (Wildman–Crippen LogP) is 3.57. The molecule has 0 radical (unpaired) electrons. The lowest BCUT2D eigenvalue weighted by Gasteiger charge is -2.26. The van der Waals surface area contributed by atoms with Crippen LogP contribution in [0.1, 0.15) is 20.8 Å². The zero-order valence-corrected chi connectivity index (χ0v) is 10.9. The van der Waals surface area contributed by atoms with Crippen LogP contribution in [0.3, 0.4) is 0 Å². The minimum Gasteiger partial charge on any atom is -0.384 e. The molecule has 0 heterocycles. The summed E-state index contributed by atoms with van der Waals surface area (Å²) in [5.41, 5.74) is 0. The highest BCUT2D eigenvalue weighted by molar-refractivity contribution is 6.80. The number of hydrogen-bond donors (Lipinski definition) is 0. The number of hydrogen-bond acceptors (Lipinski definition) is 1. The molecular formula is C11H25NSi. The monoisotopic (exact) mass is 199 g/mol. The Morgan fingerprint density at radius 1 is 1.00 bits per heavy atom. The topological polar surface area (TPSA) is 3.24 Å². The van der Waals surface area contributed by atoms with E-state index in [0.717, 1.165) is 0 Å². The highest BCUT2D eigenvalue weighted by atomic mass is 28.3. The maximum Gasteiger partial charge on any atom is 0.0565 e. The standard InChI is InChI=1S/C11H25NSi/c1-6-13(7-2,8-3)11-9-10-12(4)5/h9-10H,6-8,11H2,1-5H3/b10-9+. The van der Waals surface area contributed by atoms with Crippen LogP contribution in [0.15, 0.2) is 12.3 Å². The van der Waals surface area contributed by atoms with E-state index in [1.807, 2.05) is 0 Å². The van der Waals surface area contributed by atoms with Crippen molar-refractivity contribution in [2.45, 2.75) is 44.9 Å². The zero-order chi connectivity index (χ0) is 10.3. The van der Waals surface area contributed by atoms with E-state index >= 15 is 0 Å². The minimum absolute atomic E-state index is 0.898. The van der Waals surface area contributed by atoms with Crippen molar-refractivity contribution < 1.29 is 0 Å². The maximum absolute atomic E-state index is 2.36. The molecule has 0 aromatic heterocycles. The third-order valence-electron chi connectivity index (χ3n) is 3.20. The molecular weight excluding hydrogens is 174 g/mol. The van der Waals surface area contributed by atoms with Gasteiger partial charge in [-0.3, -0.25) is 0 Å². The Balaban J connectivity index is 4.10. The van der Waals surface area contributed by atoms with Crippen LogP contribution in [-0.4, -0.2) is 27.1 Å². The molecule has 13 heavy (non-hydrogen) atoms. The molecule has 1 nitrogen and oxygen atoms in total. The molecule has 0 unspecified atom stereocenters. The van der Waals surface area contributed by atoms with Crippen molar-refractivity contribution in [3.63, 3.8) is 0 Å². The fourth-order valence-corrected chi connectivity index (χ4v) is 4.67. The third kappa shape index (κ3) is 4.51. The summed E-state index contributed by atoms with van der Waals surface area (Å²) in [6.45, 7) is 7.09. The van der Waals surface area contributed by atoms with Crippen LogP contribution in [0.5, 0.6) is 0 Å². The molecule has 0 spiro atoms. The van der Waals surface area contributed by atoms with E-state index in [2.05, 4.69) is 52.0 Å². The largest absolute Gasteiger partial charge is 0.384 e. The summed E-state index contributed by atoms with van der Waals surface area (Å²) in [4.78, 5) is 2.13. The molecule has 0 aromatic carbocycles. The van der Waals surface area contributed by atoms with Gasteiger partial charge in [-0.2, -0.15) is 0 Å². The van der Waals surface area contributed by atoms with Gasteiger partial charge in [0.15, 0.2) is 0 Å². The second-order valence-electron chi connectivity index (χ2n) is 4.11.